The summed E-state index contributed by atoms with van der Waals surface area (Å²) in [6.07, 6.45) is 1.95. The van der Waals surface area contributed by atoms with E-state index in [1.807, 2.05) is 66.9 Å². The summed E-state index contributed by atoms with van der Waals surface area (Å²) >= 11 is 1.61. The Morgan fingerprint density at radius 2 is 1.93 bits per heavy atom. The average molecular weight is 390 g/mol. The van der Waals surface area contributed by atoms with Crippen LogP contribution in [0.1, 0.15) is 16.6 Å². The van der Waals surface area contributed by atoms with Gasteiger partial charge in [-0.15, -0.1) is 16.4 Å². The van der Waals surface area contributed by atoms with Crippen molar-refractivity contribution in [3.05, 3.63) is 76.9 Å². The Kier molecular flexibility index (Phi) is 5.20. The third-order valence-corrected chi connectivity index (χ3v) is 5.10. The first-order chi connectivity index (χ1) is 13.7. The van der Waals surface area contributed by atoms with Crippen molar-refractivity contribution in [1.82, 2.24) is 25.2 Å². The van der Waals surface area contributed by atoms with E-state index in [9.17, 15) is 4.79 Å². The van der Waals surface area contributed by atoms with Gasteiger partial charge in [0, 0.05) is 23.1 Å². The maximum Gasteiger partial charge on any atom is 0.249 e. The van der Waals surface area contributed by atoms with E-state index < -0.39 is 6.04 Å². The summed E-state index contributed by atoms with van der Waals surface area (Å²) in [6.45, 7) is 1.98. The summed E-state index contributed by atoms with van der Waals surface area (Å²) in [7, 11) is 0. The highest BCUT2D eigenvalue weighted by atomic mass is 32.1. The van der Waals surface area contributed by atoms with E-state index in [4.69, 9.17) is 0 Å². The molecule has 28 heavy (non-hydrogen) atoms. The van der Waals surface area contributed by atoms with Crippen molar-refractivity contribution in [2.45, 2.75) is 19.4 Å². The highest BCUT2D eigenvalue weighted by molar-refractivity contribution is 7.09. The molecule has 8 heteroatoms. The van der Waals surface area contributed by atoms with Gasteiger partial charge in [0.1, 0.15) is 12.4 Å². The Balaban J connectivity index is 1.51. The third-order valence-electron chi connectivity index (χ3n) is 4.33. The molecule has 1 N–H and O–H groups in total. The molecule has 0 aliphatic rings. The van der Waals surface area contributed by atoms with Crippen LogP contribution in [-0.2, 0) is 11.2 Å². The van der Waals surface area contributed by atoms with Crippen LogP contribution in [0.4, 0.5) is 5.69 Å². The summed E-state index contributed by atoms with van der Waals surface area (Å²) < 4.78 is 1.48. The van der Waals surface area contributed by atoms with Gasteiger partial charge in [-0.25, -0.2) is 9.67 Å². The summed E-state index contributed by atoms with van der Waals surface area (Å²) in [5.74, 6) is -0.173. The molecule has 4 aromatic rings. The van der Waals surface area contributed by atoms with Gasteiger partial charge in [0.15, 0.2) is 0 Å². The third kappa shape index (κ3) is 4.12. The lowest BCUT2D eigenvalue weighted by Gasteiger charge is -2.16. The van der Waals surface area contributed by atoms with Gasteiger partial charge >= 0.3 is 0 Å². The number of tetrazole rings is 1. The first-order valence-corrected chi connectivity index (χ1v) is 9.67. The zero-order valence-electron chi connectivity index (χ0n) is 15.2. The molecule has 0 fully saturated rings. The zero-order chi connectivity index (χ0) is 19.3. The number of carbonyl (C=O) groups is 1. The molecular weight excluding hydrogens is 372 g/mol. The fraction of sp³-hybridized carbons (Fsp3) is 0.150. The van der Waals surface area contributed by atoms with Crippen LogP contribution in [0.15, 0.2) is 66.3 Å². The molecule has 1 atom stereocenters. The predicted octanol–water partition coefficient (Wildman–Crippen LogP) is 3.53. The number of carbonyl (C=O) groups excluding carboxylic acids is 1. The van der Waals surface area contributed by atoms with E-state index in [0.29, 0.717) is 12.1 Å². The molecule has 0 bridgehead atoms. The topological polar surface area (TPSA) is 85.6 Å². The number of hydrogen-bond acceptors (Lipinski definition) is 6. The molecule has 2 heterocycles. The molecule has 0 aliphatic carbocycles. The molecule has 140 valence electrons. The van der Waals surface area contributed by atoms with Crippen LogP contribution in [0.25, 0.3) is 11.3 Å². The van der Waals surface area contributed by atoms with Gasteiger partial charge in [0.2, 0.25) is 5.91 Å². The van der Waals surface area contributed by atoms with Crippen LogP contribution in [0.5, 0.6) is 0 Å². The number of hydrogen-bond donors (Lipinski definition) is 1. The lowest BCUT2D eigenvalue weighted by atomic mass is 10.1. The molecule has 2 aromatic heterocycles. The number of aromatic nitrogens is 5. The second-order valence-electron chi connectivity index (χ2n) is 6.31. The molecule has 7 nitrogen and oxygen atoms in total. The Morgan fingerprint density at radius 1 is 1.14 bits per heavy atom. The summed E-state index contributed by atoms with van der Waals surface area (Å²) in [5, 5.41) is 17.3. The molecule has 1 amide bonds. The molecule has 2 aromatic carbocycles. The van der Waals surface area contributed by atoms with E-state index in [-0.39, 0.29) is 5.91 Å². The number of thiazole rings is 1. The van der Waals surface area contributed by atoms with E-state index in [0.717, 1.165) is 21.8 Å². The molecule has 0 saturated carbocycles. The fourth-order valence-electron chi connectivity index (χ4n) is 2.90. The number of benzene rings is 2. The maximum atomic E-state index is 12.9. The minimum absolute atomic E-state index is 0.173. The van der Waals surface area contributed by atoms with Crippen molar-refractivity contribution in [3.63, 3.8) is 0 Å². The molecule has 0 radical (unpaired) electrons. The monoisotopic (exact) mass is 390 g/mol. The molecule has 0 spiro atoms. The number of aryl methyl sites for hydroxylation is 1. The number of nitrogens with one attached hydrogen (secondary N) is 1. The van der Waals surface area contributed by atoms with E-state index >= 15 is 0 Å². The van der Waals surface area contributed by atoms with Crippen molar-refractivity contribution < 1.29 is 4.79 Å². The van der Waals surface area contributed by atoms with Gasteiger partial charge in [-0.2, -0.15) is 0 Å². The van der Waals surface area contributed by atoms with Crippen LogP contribution >= 0.6 is 11.3 Å². The number of amides is 1. The number of nitrogens with zero attached hydrogens (tertiary/aromatic N) is 5. The number of anilines is 1. The van der Waals surface area contributed by atoms with Crippen LogP contribution in [0.3, 0.4) is 0 Å². The quantitative estimate of drug-likeness (QED) is 0.544. The van der Waals surface area contributed by atoms with Crippen molar-refractivity contribution in [2.24, 2.45) is 0 Å². The molecule has 0 aliphatic heterocycles. The fourth-order valence-corrected chi connectivity index (χ4v) is 3.52. The molecular formula is C20H18N6OS. The van der Waals surface area contributed by atoms with Crippen LogP contribution in [0, 0.1) is 6.92 Å². The minimum atomic E-state index is -0.543. The highest BCUT2D eigenvalue weighted by Crippen LogP contribution is 2.24. The van der Waals surface area contributed by atoms with Crippen molar-refractivity contribution in [1.29, 1.82) is 0 Å². The van der Waals surface area contributed by atoms with E-state index in [1.54, 1.807) is 11.3 Å². The average Bonchev–Trinajstić information content (AvgIpc) is 3.39. The highest BCUT2D eigenvalue weighted by Gasteiger charge is 2.22. The standard InChI is InChI=1S/C20H18N6OS/c1-14-22-18(12-28-14)16-7-9-17(10-8-16)23-20(27)19(26-13-21-24-25-26)11-15-5-3-2-4-6-15/h2-10,12-13,19H,11H2,1H3,(H,23,27). The zero-order valence-corrected chi connectivity index (χ0v) is 16.0. The van der Waals surface area contributed by atoms with Gasteiger partial charge in [-0.1, -0.05) is 42.5 Å². The van der Waals surface area contributed by atoms with E-state index in [2.05, 4.69) is 25.8 Å². The van der Waals surface area contributed by atoms with Gasteiger partial charge in [-0.3, -0.25) is 4.79 Å². The second kappa shape index (κ2) is 8.10. The lowest BCUT2D eigenvalue weighted by molar-refractivity contribution is -0.119. The van der Waals surface area contributed by atoms with Gasteiger partial charge < -0.3 is 5.32 Å². The number of rotatable bonds is 6. The Labute approximate surface area is 166 Å². The molecule has 4 rings (SSSR count). The second-order valence-corrected chi connectivity index (χ2v) is 7.38. The largest absolute Gasteiger partial charge is 0.324 e. The van der Waals surface area contributed by atoms with Crippen molar-refractivity contribution >= 4 is 22.9 Å². The summed E-state index contributed by atoms with van der Waals surface area (Å²) in [4.78, 5) is 17.4. The predicted molar refractivity (Wildman–Crippen MR) is 108 cm³/mol. The molecule has 0 saturated heterocycles. The van der Waals surface area contributed by atoms with Gasteiger partial charge in [0.05, 0.1) is 10.7 Å². The first kappa shape index (κ1) is 18.0. The van der Waals surface area contributed by atoms with Crippen LogP contribution in [0.2, 0.25) is 0 Å². The molecule has 1 unspecified atom stereocenters. The van der Waals surface area contributed by atoms with E-state index in [1.165, 1.54) is 11.0 Å². The van der Waals surface area contributed by atoms with Crippen molar-refractivity contribution in [3.8, 4) is 11.3 Å². The minimum Gasteiger partial charge on any atom is -0.324 e. The Bertz CT molecular complexity index is 1040. The lowest BCUT2D eigenvalue weighted by Crippen LogP contribution is -2.28. The van der Waals surface area contributed by atoms with Crippen LogP contribution < -0.4 is 5.32 Å². The smallest absolute Gasteiger partial charge is 0.249 e. The summed E-state index contributed by atoms with van der Waals surface area (Å²) in [6, 6.07) is 16.9. The summed E-state index contributed by atoms with van der Waals surface area (Å²) in [5.41, 5.74) is 3.71. The van der Waals surface area contributed by atoms with Crippen molar-refractivity contribution in [2.75, 3.05) is 5.32 Å². The SMILES string of the molecule is Cc1nc(-c2ccc(NC(=O)C(Cc3ccccc3)n3cnnn3)cc2)cs1. The van der Waals surface area contributed by atoms with Gasteiger partial charge in [0.25, 0.3) is 0 Å². The Hall–Kier alpha value is -3.39. The Morgan fingerprint density at radius 3 is 2.57 bits per heavy atom. The van der Waals surface area contributed by atoms with Crippen LogP contribution in [-0.4, -0.2) is 31.1 Å². The maximum absolute atomic E-state index is 12.9. The first-order valence-electron chi connectivity index (χ1n) is 8.79. The normalized spacial score (nSPS) is 11.9. The van der Waals surface area contributed by atoms with Gasteiger partial charge in [-0.05, 0) is 35.0 Å².